The van der Waals surface area contributed by atoms with Gasteiger partial charge in [-0.05, 0) is 61.3 Å². The topological polar surface area (TPSA) is 83.8 Å². The Labute approximate surface area is 194 Å². The Hall–Kier alpha value is -2.02. The van der Waals surface area contributed by atoms with E-state index in [-0.39, 0.29) is 17.7 Å². The van der Waals surface area contributed by atoms with Crippen molar-refractivity contribution in [3.05, 3.63) is 57.3 Å². The van der Waals surface area contributed by atoms with E-state index in [0.29, 0.717) is 29.2 Å². The van der Waals surface area contributed by atoms with Crippen LogP contribution in [0.3, 0.4) is 0 Å². The van der Waals surface area contributed by atoms with E-state index in [1.54, 1.807) is 0 Å². The van der Waals surface area contributed by atoms with Crippen LogP contribution in [0.1, 0.15) is 89.6 Å². The third kappa shape index (κ3) is 6.06. The second-order valence-corrected chi connectivity index (χ2v) is 9.88. The maximum atomic E-state index is 12.6. The summed E-state index contributed by atoms with van der Waals surface area (Å²) in [7, 11) is 1.39. The predicted molar refractivity (Wildman–Crippen MR) is 126 cm³/mol. The molecule has 0 aliphatic heterocycles. The van der Waals surface area contributed by atoms with Crippen molar-refractivity contribution < 1.29 is 24.5 Å². The highest BCUT2D eigenvalue weighted by Crippen LogP contribution is 2.40. The van der Waals surface area contributed by atoms with Crippen molar-refractivity contribution in [3.63, 3.8) is 0 Å². The van der Waals surface area contributed by atoms with E-state index < -0.39 is 12.2 Å². The molecule has 174 valence electrons. The number of aliphatic hydroxyl groups is 2. The minimum absolute atomic E-state index is 0.0971. The van der Waals surface area contributed by atoms with Crippen LogP contribution in [0.4, 0.5) is 0 Å². The molecular formula is C26H34O5S. The number of methoxy groups -OCH3 is 1. The zero-order valence-electron chi connectivity index (χ0n) is 19.0. The van der Waals surface area contributed by atoms with E-state index in [1.807, 2.05) is 36.4 Å². The molecule has 1 heterocycles. The molecule has 0 spiro atoms. The molecule has 0 saturated heterocycles. The van der Waals surface area contributed by atoms with Crippen LogP contribution in [0.5, 0.6) is 0 Å². The average Bonchev–Trinajstić information content (AvgIpc) is 3.43. The van der Waals surface area contributed by atoms with E-state index in [4.69, 9.17) is 4.74 Å². The highest BCUT2D eigenvalue weighted by Gasteiger charge is 2.35. The smallest absolute Gasteiger partial charge is 0.348 e. The number of carbonyl (C=O) groups is 2. The molecule has 1 aliphatic carbocycles. The van der Waals surface area contributed by atoms with Gasteiger partial charge in [-0.15, -0.1) is 11.3 Å². The molecule has 0 radical (unpaired) electrons. The lowest BCUT2D eigenvalue weighted by Gasteiger charge is -2.21. The second-order valence-electron chi connectivity index (χ2n) is 8.71. The van der Waals surface area contributed by atoms with Gasteiger partial charge in [0.1, 0.15) is 16.8 Å². The zero-order chi connectivity index (χ0) is 23.1. The standard InChI is InChI=1S/C26H34O5S/c1-3-4-8-22(28)25(29)19-11-9-18(10-12-19)24-17(13-15-21(24)27)6-5-7-20-14-16-23(32-20)26(30)31-2/h9-12,14,16-17,22,24-25,28-29H,3-8,13,15H2,1-2H3/t17-,22?,24-,25?/m0/s1. The van der Waals surface area contributed by atoms with Crippen molar-refractivity contribution in [2.45, 2.75) is 76.4 Å². The van der Waals surface area contributed by atoms with Crippen molar-refractivity contribution in [2.75, 3.05) is 7.11 Å². The van der Waals surface area contributed by atoms with Crippen molar-refractivity contribution in [2.24, 2.45) is 5.92 Å². The molecule has 6 heteroatoms. The quantitative estimate of drug-likeness (QED) is 0.452. The largest absolute Gasteiger partial charge is 0.465 e. The number of esters is 1. The van der Waals surface area contributed by atoms with Crippen LogP contribution in [-0.4, -0.2) is 35.2 Å². The van der Waals surface area contributed by atoms with E-state index in [9.17, 15) is 19.8 Å². The lowest BCUT2D eigenvalue weighted by atomic mass is 9.84. The minimum Gasteiger partial charge on any atom is -0.465 e. The number of aryl methyl sites for hydroxylation is 1. The highest BCUT2D eigenvalue weighted by atomic mass is 32.1. The number of rotatable bonds is 11. The Balaban J connectivity index is 1.58. The van der Waals surface area contributed by atoms with Crippen molar-refractivity contribution in [1.29, 1.82) is 0 Å². The van der Waals surface area contributed by atoms with Crippen LogP contribution in [0, 0.1) is 5.92 Å². The second kappa shape index (κ2) is 11.7. The van der Waals surface area contributed by atoms with Crippen LogP contribution in [-0.2, 0) is 16.0 Å². The van der Waals surface area contributed by atoms with Crippen molar-refractivity contribution in [3.8, 4) is 0 Å². The first kappa shape index (κ1) is 24.6. The molecule has 2 aromatic rings. The summed E-state index contributed by atoms with van der Waals surface area (Å²) in [5.74, 6) is 0.207. The van der Waals surface area contributed by atoms with Gasteiger partial charge in [0.2, 0.25) is 0 Å². The molecule has 2 N–H and O–H groups in total. The molecule has 1 saturated carbocycles. The molecular weight excluding hydrogens is 424 g/mol. The number of unbranched alkanes of at least 4 members (excludes halogenated alkanes) is 1. The zero-order valence-corrected chi connectivity index (χ0v) is 19.8. The van der Waals surface area contributed by atoms with Crippen molar-refractivity contribution in [1.82, 2.24) is 0 Å². The fourth-order valence-corrected chi connectivity index (χ4v) is 5.60. The van der Waals surface area contributed by atoms with E-state index >= 15 is 0 Å². The highest BCUT2D eigenvalue weighted by molar-refractivity contribution is 7.13. The number of Topliss-reactive ketones (excluding diaryl/α,β-unsaturated/α-hetero) is 1. The molecule has 1 aromatic carbocycles. The van der Waals surface area contributed by atoms with Gasteiger partial charge in [-0.3, -0.25) is 4.79 Å². The number of carbonyl (C=O) groups excluding carboxylic acids is 2. The van der Waals surface area contributed by atoms with Gasteiger partial charge < -0.3 is 14.9 Å². The summed E-state index contributed by atoms with van der Waals surface area (Å²) in [4.78, 5) is 26.0. The van der Waals surface area contributed by atoms with Gasteiger partial charge in [0.15, 0.2) is 0 Å². The van der Waals surface area contributed by atoms with Crippen LogP contribution in [0.2, 0.25) is 0 Å². The molecule has 0 bridgehead atoms. The van der Waals surface area contributed by atoms with Crippen LogP contribution < -0.4 is 0 Å². The number of benzene rings is 1. The number of ketones is 1. The monoisotopic (exact) mass is 458 g/mol. The molecule has 5 nitrogen and oxygen atoms in total. The third-order valence-electron chi connectivity index (χ3n) is 6.48. The van der Waals surface area contributed by atoms with Crippen molar-refractivity contribution >= 4 is 23.1 Å². The Morgan fingerprint density at radius 1 is 1.16 bits per heavy atom. The first-order valence-electron chi connectivity index (χ1n) is 11.6. The first-order chi connectivity index (χ1) is 15.4. The van der Waals surface area contributed by atoms with Gasteiger partial charge in [0.25, 0.3) is 0 Å². The van der Waals surface area contributed by atoms with Crippen LogP contribution >= 0.6 is 11.3 Å². The predicted octanol–water partition coefficient (Wildman–Crippen LogP) is 5.20. The molecule has 32 heavy (non-hydrogen) atoms. The van der Waals surface area contributed by atoms with E-state index in [1.165, 1.54) is 18.4 Å². The SMILES string of the molecule is CCCCC(O)C(O)c1ccc([C@H]2C(=O)CC[C@@H]2CCCc2ccc(C(=O)OC)s2)cc1. The third-order valence-corrected chi connectivity index (χ3v) is 7.61. The molecule has 0 amide bonds. The molecule has 3 rings (SSSR count). The number of thiophene rings is 1. The number of hydrogen-bond donors (Lipinski definition) is 2. The molecule has 1 aromatic heterocycles. The Morgan fingerprint density at radius 2 is 1.91 bits per heavy atom. The lowest BCUT2D eigenvalue weighted by Crippen LogP contribution is -2.18. The summed E-state index contributed by atoms with van der Waals surface area (Å²) in [6, 6.07) is 11.4. The number of aliphatic hydroxyl groups excluding tert-OH is 2. The first-order valence-corrected chi connectivity index (χ1v) is 12.4. The molecule has 4 atom stereocenters. The van der Waals surface area contributed by atoms with Crippen LogP contribution in [0.25, 0.3) is 0 Å². The normalized spacial score (nSPS) is 20.3. The molecule has 1 aliphatic rings. The summed E-state index contributed by atoms with van der Waals surface area (Å²) in [6.07, 6.45) is 5.11. The summed E-state index contributed by atoms with van der Waals surface area (Å²) in [5.41, 5.74) is 1.69. The van der Waals surface area contributed by atoms with Gasteiger partial charge in [-0.1, -0.05) is 44.0 Å². The summed E-state index contributed by atoms with van der Waals surface area (Å²) in [5, 5.41) is 20.6. The summed E-state index contributed by atoms with van der Waals surface area (Å²) < 4.78 is 4.77. The maximum Gasteiger partial charge on any atom is 0.348 e. The Bertz CT molecular complexity index is 888. The summed E-state index contributed by atoms with van der Waals surface area (Å²) >= 11 is 1.47. The maximum absolute atomic E-state index is 12.6. The van der Waals surface area contributed by atoms with Gasteiger partial charge >= 0.3 is 5.97 Å². The molecule has 2 unspecified atom stereocenters. The Morgan fingerprint density at radius 3 is 2.59 bits per heavy atom. The van der Waals surface area contributed by atoms with E-state index in [0.717, 1.165) is 49.0 Å². The summed E-state index contributed by atoms with van der Waals surface area (Å²) in [6.45, 7) is 2.06. The fraction of sp³-hybridized carbons (Fsp3) is 0.538. The van der Waals surface area contributed by atoms with Gasteiger partial charge in [0.05, 0.1) is 13.2 Å². The van der Waals surface area contributed by atoms with Gasteiger partial charge in [-0.25, -0.2) is 4.79 Å². The Kier molecular flexibility index (Phi) is 9.02. The number of hydrogen-bond acceptors (Lipinski definition) is 6. The number of ether oxygens (including phenoxy) is 1. The average molecular weight is 459 g/mol. The van der Waals surface area contributed by atoms with Crippen LogP contribution in [0.15, 0.2) is 36.4 Å². The van der Waals surface area contributed by atoms with E-state index in [2.05, 4.69) is 6.92 Å². The minimum atomic E-state index is -0.897. The lowest BCUT2D eigenvalue weighted by molar-refractivity contribution is -0.119. The fourth-order valence-electron chi connectivity index (χ4n) is 4.64. The molecule has 1 fully saturated rings. The van der Waals surface area contributed by atoms with Gasteiger partial charge in [0, 0.05) is 17.2 Å². The van der Waals surface area contributed by atoms with Gasteiger partial charge in [-0.2, -0.15) is 0 Å².